The molecule has 272 valence electrons. The van der Waals surface area contributed by atoms with Crippen LogP contribution in [-0.4, -0.2) is 86.4 Å². The third-order valence-corrected chi connectivity index (χ3v) is 8.66. The molecule has 4 N–H and O–H groups in total. The summed E-state index contributed by atoms with van der Waals surface area (Å²) < 4.78 is 11.1. The molecule has 0 bridgehead atoms. The predicted molar refractivity (Wildman–Crippen MR) is 193 cm³/mol. The van der Waals surface area contributed by atoms with Crippen LogP contribution in [0.5, 0.6) is 11.5 Å². The van der Waals surface area contributed by atoms with E-state index >= 15 is 0 Å². The first kappa shape index (κ1) is 38.4. The van der Waals surface area contributed by atoms with E-state index in [0.29, 0.717) is 30.8 Å². The maximum atomic E-state index is 13.9. The minimum Gasteiger partial charge on any atom is -0.497 e. The Morgan fingerprint density at radius 3 is 2.33 bits per heavy atom. The van der Waals surface area contributed by atoms with E-state index in [2.05, 4.69) is 21.3 Å². The number of carbonyl (C=O) groups excluding carboxylic acids is 5. The van der Waals surface area contributed by atoms with Gasteiger partial charge in [-0.25, -0.2) is 0 Å². The second-order valence-electron chi connectivity index (χ2n) is 13.0. The summed E-state index contributed by atoms with van der Waals surface area (Å²) in [6.07, 6.45) is 1.09. The Morgan fingerprint density at radius 1 is 0.922 bits per heavy atom. The van der Waals surface area contributed by atoms with Crippen molar-refractivity contribution in [3.63, 3.8) is 0 Å². The molecule has 0 spiro atoms. The summed E-state index contributed by atoms with van der Waals surface area (Å²) in [7, 11) is 3.09. The van der Waals surface area contributed by atoms with Gasteiger partial charge in [0.05, 0.1) is 25.7 Å². The molecule has 1 aliphatic rings. The van der Waals surface area contributed by atoms with Gasteiger partial charge >= 0.3 is 0 Å². The van der Waals surface area contributed by atoms with Gasteiger partial charge in [-0.05, 0) is 60.6 Å². The van der Waals surface area contributed by atoms with Crippen molar-refractivity contribution in [1.29, 1.82) is 0 Å². The Balaban J connectivity index is 1.61. The highest BCUT2D eigenvalue weighted by molar-refractivity contribution is 6.01. The number of carbonyl (C=O) groups is 5. The van der Waals surface area contributed by atoms with Gasteiger partial charge in [0, 0.05) is 26.6 Å². The van der Waals surface area contributed by atoms with Gasteiger partial charge < -0.3 is 35.6 Å². The normalized spacial score (nSPS) is 19.4. The zero-order chi connectivity index (χ0) is 36.8. The zero-order valence-electron chi connectivity index (χ0n) is 29.8. The molecular formula is C39H49N5O7. The van der Waals surface area contributed by atoms with E-state index < -0.39 is 48.2 Å². The van der Waals surface area contributed by atoms with Gasteiger partial charge in [-0.3, -0.25) is 24.0 Å². The fraction of sp³-hybridized carbons (Fsp3) is 0.410. The summed E-state index contributed by atoms with van der Waals surface area (Å²) in [6, 6.07) is 20.4. The van der Waals surface area contributed by atoms with Crippen LogP contribution in [0.4, 0.5) is 0 Å². The predicted octanol–water partition coefficient (Wildman–Crippen LogP) is 3.04. The van der Waals surface area contributed by atoms with Crippen molar-refractivity contribution in [3.05, 3.63) is 95.6 Å². The molecule has 0 fully saturated rings. The Morgan fingerprint density at radius 2 is 1.63 bits per heavy atom. The van der Waals surface area contributed by atoms with Crippen LogP contribution in [0, 0.1) is 5.92 Å². The molecule has 12 heteroatoms. The van der Waals surface area contributed by atoms with E-state index in [4.69, 9.17) is 9.47 Å². The van der Waals surface area contributed by atoms with Crippen molar-refractivity contribution in [3.8, 4) is 11.5 Å². The molecule has 5 amide bonds. The number of fused-ring (bicyclic) bond motifs is 1. The van der Waals surface area contributed by atoms with Crippen LogP contribution < -0.4 is 30.7 Å². The molecule has 4 rings (SSSR count). The second kappa shape index (κ2) is 19.1. The zero-order valence-corrected chi connectivity index (χ0v) is 29.8. The van der Waals surface area contributed by atoms with Gasteiger partial charge in [-0.2, -0.15) is 0 Å². The Labute approximate surface area is 299 Å². The molecule has 0 saturated carbocycles. The largest absolute Gasteiger partial charge is 0.497 e. The first-order valence-corrected chi connectivity index (χ1v) is 17.4. The maximum Gasteiger partial charge on any atom is 0.255 e. The smallest absolute Gasteiger partial charge is 0.255 e. The molecule has 0 saturated heterocycles. The number of ether oxygens (including phenoxy) is 2. The highest BCUT2D eigenvalue weighted by Gasteiger charge is 2.34. The number of nitrogens with zero attached hydrogens (tertiary/aromatic N) is 1. The highest BCUT2D eigenvalue weighted by Crippen LogP contribution is 2.20. The number of amides is 5. The molecular weight excluding hydrogens is 650 g/mol. The van der Waals surface area contributed by atoms with Gasteiger partial charge in [0.15, 0.2) is 0 Å². The van der Waals surface area contributed by atoms with Crippen LogP contribution in [0.2, 0.25) is 0 Å². The van der Waals surface area contributed by atoms with Crippen LogP contribution in [0.3, 0.4) is 0 Å². The fourth-order valence-corrected chi connectivity index (χ4v) is 5.77. The molecule has 3 aromatic rings. The summed E-state index contributed by atoms with van der Waals surface area (Å²) in [6.45, 7) is 4.58. The van der Waals surface area contributed by atoms with Crippen molar-refractivity contribution in [1.82, 2.24) is 26.2 Å². The number of rotatable bonds is 9. The lowest BCUT2D eigenvalue weighted by Crippen LogP contribution is -2.56. The Hall–Kier alpha value is -5.39. The second-order valence-corrected chi connectivity index (χ2v) is 13.0. The molecule has 1 heterocycles. The van der Waals surface area contributed by atoms with Gasteiger partial charge in [0.2, 0.25) is 23.6 Å². The Kier molecular flexibility index (Phi) is 14.4. The van der Waals surface area contributed by atoms with E-state index in [-0.39, 0.29) is 43.5 Å². The first-order chi connectivity index (χ1) is 24.5. The van der Waals surface area contributed by atoms with Crippen LogP contribution >= 0.6 is 0 Å². The summed E-state index contributed by atoms with van der Waals surface area (Å²) in [4.78, 5) is 69.8. The van der Waals surface area contributed by atoms with Crippen molar-refractivity contribution >= 4 is 29.5 Å². The summed E-state index contributed by atoms with van der Waals surface area (Å²) in [5, 5.41) is 11.4. The van der Waals surface area contributed by atoms with Crippen LogP contribution in [0.25, 0.3) is 0 Å². The number of nitrogens with one attached hydrogen (secondary N) is 4. The van der Waals surface area contributed by atoms with Crippen molar-refractivity contribution in [2.75, 3.05) is 33.9 Å². The number of hydrogen-bond acceptors (Lipinski definition) is 7. The monoisotopic (exact) mass is 699 g/mol. The fourth-order valence-electron chi connectivity index (χ4n) is 5.77. The maximum absolute atomic E-state index is 13.9. The van der Waals surface area contributed by atoms with Crippen LogP contribution in [-0.2, 0) is 32.0 Å². The van der Waals surface area contributed by atoms with Crippen molar-refractivity contribution in [2.24, 2.45) is 5.92 Å². The topological polar surface area (TPSA) is 155 Å². The van der Waals surface area contributed by atoms with Crippen molar-refractivity contribution in [2.45, 2.75) is 64.1 Å². The SMILES string of the molecule is COc1ccc(CCNC(=O)[C@@H]2CC(=O)N(C)[C@@H](CC(C)C)C(=O)N[C@@H](Cc3ccccc3)C(=O)NCCCOc3ccccc3C(=O)N2)cc1. The minimum absolute atomic E-state index is 0.0171. The van der Waals surface area contributed by atoms with Crippen LogP contribution in [0.1, 0.15) is 54.6 Å². The molecule has 1 aliphatic heterocycles. The lowest BCUT2D eigenvalue weighted by atomic mass is 9.99. The number of methoxy groups -OCH3 is 1. The molecule has 0 aliphatic carbocycles. The molecule has 0 radical (unpaired) electrons. The number of benzene rings is 3. The average Bonchev–Trinajstić information content (AvgIpc) is 3.13. The van der Waals surface area contributed by atoms with E-state index in [0.717, 1.165) is 11.1 Å². The van der Waals surface area contributed by atoms with Gasteiger partial charge in [-0.1, -0.05) is 68.4 Å². The highest BCUT2D eigenvalue weighted by atomic mass is 16.5. The van der Waals surface area contributed by atoms with Gasteiger partial charge in [-0.15, -0.1) is 0 Å². The summed E-state index contributed by atoms with van der Waals surface area (Å²) in [5.41, 5.74) is 2.02. The van der Waals surface area contributed by atoms with Crippen LogP contribution in [0.15, 0.2) is 78.9 Å². The third kappa shape index (κ3) is 11.6. The minimum atomic E-state index is -1.25. The standard InChI is InChI=1S/C39H49N5O7/c1-26(2)23-33-39(49)43-31(24-28-11-6-5-7-12-28)37(47)40-20-10-22-51-34-14-9-8-13-30(34)36(46)42-32(25-35(45)44(33)3)38(48)41-21-19-27-15-17-29(50-4)18-16-27/h5-9,11-18,26,31-33H,10,19-25H2,1-4H3,(H,40,47)(H,41,48)(H,42,46)(H,43,49)/t31-,32-,33-/m0/s1. The first-order valence-electron chi connectivity index (χ1n) is 17.4. The molecule has 12 nitrogen and oxygen atoms in total. The van der Waals surface area contributed by atoms with Gasteiger partial charge in [0.1, 0.15) is 29.6 Å². The lowest BCUT2D eigenvalue weighted by molar-refractivity contribution is -0.141. The molecule has 3 atom stereocenters. The van der Waals surface area contributed by atoms with E-state index in [1.54, 1.807) is 31.4 Å². The van der Waals surface area contributed by atoms with E-state index in [1.807, 2.05) is 68.4 Å². The molecule has 0 unspecified atom stereocenters. The summed E-state index contributed by atoms with van der Waals surface area (Å²) >= 11 is 0. The quantitative estimate of drug-likeness (QED) is 0.268. The number of para-hydroxylation sites is 1. The van der Waals surface area contributed by atoms with Crippen molar-refractivity contribution < 1.29 is 33.4 Å². The van der Waals surface area contributed by atoms with Gasteiger partial charge in [0.25, 0.3) is 5.91 Å². The lowest BCUT2D eigenvalue weighted by Gasteiger charge is -2.31. The third-order valence-electron chi connectivity index (χ3n) is 8.66. The van der Waals surface area contributed by atoms with E-state index in [1.165, 1.54) is 11.9 Å². The summed E-state index contributed by atoms with van der Waals surface area (Å²) in [5.74, 6) is -1.48. The average molecular weight is 700 g/mol. The molecule has 0 aromatic heterocycles. The number of hydrogen-bond donors (Lipinski definition) is 4. The number of likely N-dealkylation sites (N-methyl/N-ethyl adjacent to an activating group) is 1. The Bertz CT molecular complexity index is 1630. The molecule has 3 aromatic carbocycles. The van der Waals surface area contributed by atoms with E-state index in [9.17, 15) is 24.0 Å². The molecule has 51 heavy (non-hydrogen) atoms.